The number of benzene rings is 5. The predicted octanol–water partition coefficient (Wildman–Crippen LogP) is 9.91. The SMILES string of the molecule is CCn1nc(-c2ccccc2)cc(N(c2ccc(F)c(F)c2)c2ccc(F)c(F)c2)c1=O.CCn1nc(-c2ccccc2)cc(Nc2ccc(F)c(F)c2)c1=O. The lowest BCUT2D eigenvalue weighted by atomic mass is 10.1. The molecule has 5 aromatic carbocycles. The smallest absolute Gasteiger partial charge is 0.291 e. The number of aromatic nitrogens is 4. The van der Waals surface area contributed by atoms with E-state index in [2.05, 4.69) is 15.5 Å². The summed E-state index contributed by atoms with van der Waals surface area (Å²) >= 11 is 0. The second-order valence-corrected chi connectivity index (χ2v) is 12.1. The Morgan fingerprint density at radius 1 is 0.518 bits per heavy atom. The van der Waals surface area contributed by atoms with Crippen LogP contribution in [0.15, 0.2) is 137 Å². The Balaban J connectivity index is 0.000000198. The molecule has 8 nitrogen and oxygen atoms in total. The van der Waals surface area contributed by atoms with Crippen LogP contribution >= 0.6 is 0 Å². The molecule has 0 aliphatic carbocycles. The van der Waals surface area contributed by atoms with Gasteiger partial charge in [-0.25, -0.2) is 35.7 Å². The molecule has 7 rings (SSSR count). The predicted molar refractivity (Wildman–Crippen MR) is 203 cm³/mol. The zero-order valence-electron chi connectivity index (χ0n) is 29.9. The molecular weight excluding hydrogens is 734 g/mol. The van der Waals surface area contributed by atoms with Gasteiger partial charge in [0.05, 0.1) is 11.4 Å². The van der Waals surface area contributed by atoms with E-state index in [1.54, 1.807) is 37.3 Å². The van der Waals surface area contributed by atoms with E-state index in [0.717, 1.165) is 42.0 Å². The van der Waals surface area contributed by atoms with Crippen molar-refractivity contribution in [3.8, 4) is 22.5 Å². The highest BCUT2D eigenvalue weighted by molar-refractivity contribution is 5.78. The Bertz CT molecular complexity index is 2570. The second kappa shape index (κ2) is 17.0. The highest BCUT2D eigenvalue weighted by Crippen LogP contribution is 2.35. The number of rotatable bonds is 9. The van der Waals surface area contributed by atoms with Crippen molar-refractivity contribution in [1.29, 1.82) is 0 Å². The van der Waals surface area contributed by atoms with Gasteiger partial charge in [0.25, 0.3) is 11.1 Å². The quantitative estimate of drug-likeness (QED) is 0.147. The maximum Gasteiger partial charge on any atom is 0.291 e. The van der Waals surface area contributed by atoms with Gasteiger partial charge in [-0.15, -0.1) is 0 Å². The van der Waals surface area contributed by atoms with Crippen molar-refractivity contribution in [3.05, 3.63) is 183 Å². The molecule has 56 heavy (non-hydrogen) atoms. The van der Waals surface area contributed by atoms with Crippen molar-refractivity contribution >= 4 is 28.4 Å². The molecule has 7 aromatic rings. The first-order chi connectivity index (χ1) is 27.0. The van der Waals surface area contributed by atoms with Crippen LogP contribution in [0.2, 0.25) is 0 Å². The van der Waals surface area contributed by atoms with Gasteiger partial charge in [0.2, 0.25) is 0 Å². The lowest BCUT2D eigenvalue weighted by molar-refractivity contribution is 0.508. The van der Waals surface area contributed by atoms with Crippen LogP contribution in [-0.2, 0) is 13.1 Å². The summed E-state index contributed by atoms with van der Waals surface area (Å²) in [6, 6.07) is 31.0. The summed E-state index contributed by atoms with van der Waals surface area (Å²) in [6.07, 6.45) is 0. The number of nitrogens with zero attached hydrogens (tertiary/aromatic N) is 5. The normalized spacial score (nSPS) is 10.8. The Labute approximate surface area is 316 Å². The third-order valence-corrected chi connectivity index (χ3v) is 8.43. The van der Waals surface area contributed by atoms with E-state index < -0.39 is 40.5 Å². The van der Waals surface area contributed by atoms with Crippen LogP contribution in [0.25, 0.3) is 22.5 Å². The summed E-state index contributed by atoms with van der Waals surface area (Å²) in [7, 11) is 0. The number of halogens is 6. The minimum absolute atomic E-state index is 0.0118. The molecule has 0 aliphatic rings. The molecule has 0 spiro atoms. The van der Waals surface area contributed by atoms with Crippen LogP contribution in [0.4, 0.5) is 54.8 Å². The first kappa shape index (κ1) is 38.8. The van der Waals surface area contributed by atoms with Gasteiger partial charge < -0.3 is 10.2 Å². The van der Waals surface area contributed by atoms with Crippen molar-refractivity contribution in [2.24, 2.45) is 0 Å². The maximum atomic E-state index is 14.1. The van der Waals surface area contributed by atoms with Crippen molar-refractivity contribution in [2.75, 3.05) is 10.2 Å². The van der Waals surface area contributed by atoms with E-state index in [4.69, 9.17) is 0 Å². The molecule has 0 bridgehead atoms. The van der Waals surface area contributed by atoms with E-state index in [0.29, 0.717) is 29.2 Å². The molecule has 284 valence electrons. The summed E-state index contributed by atoms with van der Waals surface area (Å²) in [6.45, 7) is 4.17. The largest absolute Gasteiger partial charge is 0.351 e. The third kappa shape index (κ3) is 8.54. The first-order valence-electron chi connectivity index (χ1n) is 17.2. The van der Waals surface area contributed by atoms with Crippen LogP contribution < -0.4 is 21.3 Å². The average molecular weight is 767 g/mol. The molecule has 2 heterocycles. The Hall–Kier alpha value is -6.96. The standard InChI is InChI=1S/C24H17F4N3O.C18H15F2N3O/c1-2-30-24(32)23(14-22(29-30)15-6-4-3-5-7-15)31(16-8-10-18(25)20(27)12-16)17-9-11-19(26)21(28)13-17;1-2-23-18(24)17(21-13-8-9-14(19)15(20)10-13)11-16(22-23)12-6-4-3-5-7-12/h3-14H,2H2,1H3;3-11,21H,2H2,1H3. The van der Waals surface area contributed by atoms with Gasteiger partial charge in [-0.1, -0.05) is 60.7 Å². The molecule has 0 aliphatic heterocycles. The molecule has 0 atom stereocenters. The fourth-order valence-corrected chi connectivity index (χ4v) is 5.65. The van der Waals surface area contributed by atoms with Gasteiger partial charge in [0.1, 0.15) is 11.4 Å². The summed E-state index contributed by atoms with van der Waals surface area (Å²) in [5.41, 5.74) is 2.41. The van der Waals surface area contributed by atoms with Crippen LogP contribution in [0, 0.1) is 34.9 Å². The lowest BCUT2D eigenvalue weighted by Crippen LogP contribution is -2.28. The molecule has 0 radical (unpaired) electrons. The summed E-state index contributed by atoms with van der Waals surface area (Å²) in [5.74, 6) is -6.37. The van der Waals surface area contributed by atoms with E-state index in [1.807, 2.05) is 43.3 Å². The Morgan fingerprint density at radius 3 is 1.43 bits per heavy atom. The van der Waals surface area contributed by atoms with E-state index in [1.165, 1.54) is 38.5 Å². The molecule has 14 heteroatoms. The topological polar surface area (TPSA) is 85.1 Å². The van der Waals surface area contributed by atoms with Crippen molar-refractivity contribution < 1.29 is 26.3 Å². The lowest BCUT2D eigenvalue weighted by Gasteiger charge is -2.25. The van der Waals surface area contributed by atoms with Crippen molar-refractivity contribution in [2.45, 2.75) is 26.9 Å². The molecule has 0 saturated carbocycles. The van der Waals surface area contributed by atoms with Gasteiger partial charge in [0.15, 0.2) is 34.9 Å². The minimum atomic E-state index is -1.15. The number of aryl methyl sites for hydroxylation is 2. The highest BCUT2D eigenvalue weighted by atomic mass is 19.2. The Kier molecular flexibility index (Phi) is 11.8. The van der Waals surface area contributed by atoms with Gasteiger partial charge in [0, 0.05) is 59.5 Å². The van der Waals surface area contributed by atoms with Crippen molar-refractivity contribution in [3.63, 3.8) is 0 Å². The molecule has 0 amide bonds. The van der Waals surface area contributed by atoms with E-state index in [9.17, 15) is 35.9 Å². The fourth-order valence-electron chi connectivity index (χ4n) is 5.65. The fraction of sp³-hybridized carbons (Fsp3) is 0.0952. The zero-order valence-corrected chi connectivity index (χ0v) is 29.9. The number of hydrogen-bond donors (Lipinski definition) is 1. The van der Waals surface area contributed by atoms with Crippen LogP contribution in [0.3, 0.4) is 0 Å². The van der Waals surface area contributed by atoms with Crippen LogP contribution in [0.5, 0.6) is 0 Å². The molecule has 2 aromatic heterocycles. The highest BCUT2D eigenvalue weighted by Gasteiger charge is 2.22. The molecule has 1 N–H and O–H groups in total. The molecule has 0 fully saturated rings. The van der Waals surface area contributed by atoms with E-state index >= 15 is 0 Å². The number of hydrogen-bond acceptors (Lipinski definition) is 6. The maximum absolute atomic E-state index is 14.1. The third-order valence-electron chi connectivity index (χ3n) is 8.43. The molecule has 0 unspecified atom stereocenters. The van der Waals surface area contributed by atoms with Crippen molar-refractivity contribution in [1.82, 2.24) is 19.6 Å². The average Bonchev–Trinajstić information content (AvgIpc) is 3.21. The summed E-state index contributed by atoms with van der Waals surface area (Å²) in [4.78, 5) is 26.9. The van der Waals surface area contributed by atoms with E-state index in [-0.39, 0.29) is 34.9 Å². The zero-order chi connectivity index (χ0) is 39.9. The first-order valence-corrected chi connectivity index (χ1v) is 17.2. The molecular formula is C42H32F6N6O2. The van der Waals surface area contributed by atoms with Crippen LogP contribution in [0.1, 0.15) is 13.8 Å². The van der Waals surface area contributed by atoms with Crippen LogP contribution in [-0.4, -0.2) is 19.6 Å². The summed E-state index contributed by atoms with van der Waals surface area (Å²) < 4.78 is 84.3. The van der Waals surface area contributed by atoms with Gasteiger partial charge in [-0.3, -0.25) is 9.59 Å². The Morgan fingerprint density at radius 2 is 0.964 bits per heavy atom. The number of anilines is 5. The summed E-state index contributed by atoms with van der Waals surface area (Å²) in [5, 5.41) is 11.5. The van der Waals surface area contributed by atoms with Gasteiger partial charge in [-0.2, -0.15) is 10.2 Å². The minimum Gasteiger partial charge on any atom is -0.351 e. The number of nitrogens with one attached hydrogen (secondary N) is 1. The van der Waals surface area contributed by atoms with Gasteiger partial charge in [-0.05, 0) is 62.4 Å². The van der Waals surface area contributed by atoms with Gasteiger partial charge >= 0.3 is 0 Å². The molecule has 0 saturated heterocycles. The monoisotopic (exact) mass is 766 g/mol. The second-order valence-electron chi connectivity index (χ2n) is 12.1.